The summed E-state index contributed by atoms with van der Waals surface area (Å²) in [6.45, 7) is 3.89. The molecule has 0 fully saturated rings. The van der Waals surface area contributed by atoms with E-state index in [1.165, 1.54) is 5.56 Å². The van der Waals surface area contributed by atoms with Crippen LogP contribution in [0.15, 0.2) is 18.2 Å². The molecule has 96 valence electrons. The van der Waals surface area contributed by atoms with Gasteiger partial charge in [0, 0.05) is 14.1 Å². The molecule has 4 nitrogen and oxygen atoms in total. The number of fused-ring (bicyclic) bond motifs is 1. The molecule has 0 saturated carbocycles. The summed E-state index contributed by atoms with van der Waals surface area (Å²) < 4.78 is 1.13. The Morgan fingerprint density at radius 2 is 2.17 bits per heavy atom. The maximum atomic E-state index is 11.8. The normalized spacial score (nSPS) is 12.4. The van der Waals surface area contributed by atoms with E-state index in [4.69, 9.17) is 0 Å². The Kier molecular flexibility index (Phi) is 3.52. The molecule has 1 aromatic carbocycles. The van der Waals surface area contributed by atoms with Crippen molar-refractivity contribution in [2.75, 3.05) is 19.4 Å². The van der Waals surface area contributed by atoms with Crippen molar-refractivity contribution in [2.45, 2.75) is 19.9 Å². The van der Waals surface area contributed by atoms with E-state index in [1.54, 1.807) is 30.3 Å². The third-order valence-electron chi connectivity index (χ3n) is 2.69. The van der Waals surface area contributed by atoms with Crippen molar-refractivity contribution >= 4 is 32.6 Å². The maximum Gasteiger partial charge on any atom is 0.244 e. The van der Waals surface area contributed by atoms with Crippen LogP contribution in [-0.2, 0) is 4.79 Å². The topological polar surface area (TPSA) is 45.2 Å². The molecule has 18 heavy (non-hydrogen) atoms. The smallest absolute Gasteiger partial charge is 0.244 e. The number of nitrogens with one attached hydrogen (secondary N) is 1. The van der Waals surface area contributed by atoms with Crippen molar-refractivity contribution in [3.63, 3.8) is 0 Å². The van der Waals surface area contributed by atoms with Gasteiger partial charge in [-0.15, -0.1) is 0 Å². The van der Waals surface area contributed by atoms with Gasteiger partial charge < -0.3 is 10.2 Å². The number of aryl methyl sites for hydroxylation is 1. The molecule has 1 heterocycles. The summed E-state index contributed by atoms with van der Waals surface area (Å²) in [5.41, 5.74) is 2.17. The summed E-state index contributed by atoms with van der Waals surface area (Å²) in [6.07, 6.45) is 0. The van der Waals surface area contributed by atoms with Crippen LogP contribution in [0.1, 0.15) is 12.5 Å². The molecule has 1 atom stereocenters. The molecule has 0 aliphatic carbocycles. The average molecular weight is 263 g/mol. The van der Waals surface area contributed by atoms with Gasteiger partial charge in [0.2, 0.25) is 5.91 Å². The van der Waals surface area contributed by atoms with E-state index >= 15 is 0 Å². The zero-order valence-corrected chi connectivity index (χ0v) is 11.8. The van der Waals surface area contributed by atoms with Gasteiger partial charge in [-0.05, 0) is 31.5 Å². The van der Waals surface area contributed by atoms with Crippen molar-refractivity contribution in [3.8, 4) is 0 Å². The molecule has 5 heteroatoms. The highest BCUT2D eigenvalue weighted by molar-refractivity contribution is 7.22. The van der Waals surface area contributed by atoms with Crippen LogP contribution >= 0.6 is 11.3 Å². The van der Waals surface area contributed by atoms with E-state index in [0.29, 0.717) is 0 Å². The fraction of sp³-hybridized carbons (Fsp3) is 0.385. The van der Waals surface area contributed by atoms with Crippen molar-refractivity contribution in [1.29, 1.82) is 0 Å². The number of benzene rings is 1. The largest absolute Gasteiger partial charge is 0.350 e. The second-order valence-electron chi connectivity index (χ2n) is 4.59. The number of hydrogen-bond donors (Lipinski definition) is 1. The first-order chi connectivity index (χ1) is 8.47. The van der Waals surface area contributed by atoms with Gasteiger partial charge in [0.25, 0.3) is 0 Å². The number of amides is 1. The van der Waals surface area contributed by atoms with Crippen molar-refractivity contribution in [2.24, 2.45) is 0 Å². The van der Waals surface area contributed by atoms with Crippen LogP contribution in [0.25, 0.3) is 10.2 Å². The minimum absolute atomic E-state index is 0.0467. The standard InChI is InChI=1S/C13H17N3OS/c1-8-5-6-11-10(7-8)15-13(18-11)14-9(2)12(17)16(3)4/h5-7,9H,1-4H3,(H,14,15). The second kappa shape index (κ2) is 4.94. The molecule has 0 aliphatic heterocycles. The van der Waals surface area contributed by atoms with E-state index < -0.39 is 0 Å². The highest BCUT2D eigenvalue weighted by Gasteiger charge is 2.16. The first-order valence-electron chi connectivity index (χ1n) is 5.82. The summed E-state index contributed by atoms with van der Waals surface area (Å²) in [5, 5.41) is 3.94. The van der Waals surface area contributed by atoms with Crippen molar-refractivity contribution in [3.05, 3.63) is 23.8 Å². The van der Waals surface area contributed by atoms with Crippen molar-refractivity contribution < 1.29 is 4.79 Å². The molecule has 2 aromatic rings. The molecule has 0 bridgehead atoms. The highest BCUT2D eigenvalue weighted by Crippen LogP contribution is 2.26. The lowest BCUT2D eigenvalue weighted by atomic mass is 10.2. The number of carbonyl (C=O) groups is 1. The van der Waals surface area contributed by atoms with Gasteiger partial charge in [-0.1, -0.05) is 17.4 Å². The molecule has 2 rings (SSSR count). The van der Waals surface area contributed by atoms with Gasteiger partial charge in [0.1, 0.15) is 6.04 Å². The number of rotatable bonds is 3. The molecule has 1 aromatic heterocycles. The number of nitrogens with zero attached hydrogens (tertiary/aromatic N) is 2. The van der Waals surface area contributed by atoms with Gasteiger partial charge >= 0.3 is 0 Å². The predicted molar refractivity (Wildman–Crippen MR) is 76.1 cm³/mol. The molecule has 0 spiro atoms. The lowest BCUT2D eigenvalue weighted by Gasteiger charge is -2.17. The average Bonchev–Trinajstić information content (AvgIpc) is 2.68. The Morgan fingerprint density at radius 1 is 1.44 bits per heavy atom. The Labute approximate surface area is 111 Å². The summed E-state index contributed by atoms with van der Waals surface area (Å²) in [7, 11) is 3.50. The fourth-order valence-corrected chi connectivity index (χ4v) is 2.67. The van der Waals surface area contributed by atoms with Crippen LogP contribution < -0.4 is 5.32 Å². The molecule has 1 amide bonds. The SMILES string of the molecule is Cc1ccc2sc(NC(C)C(=O)N(C)C)nc2c1. The lowest BCUT2D eigenvalue weighted by molar-refractivity contribution is -0.129. The number of thiazole rings is 1. The van der Waals surface area contributed by atoms with Crippen LogP contribution in [-0.4, -0.2) is 35.9 Å². The van der Waals surface area contributed by atoms with Gasteiger partial charge in [0.15, 0.2) is 5.13 Å². The number of aromatic nitrogens is 1. The Balaban J connectivity index is 2.19. The van der Waals surface area contributed by atoms with Gasteiger partial charge in [-0.25, -0.2) is 4.98 Å². The summed E-state index contributed by atoms with van der Waals surface area (Å²) >= 11 is 1.57. The zero-order chi connectivity index (χ0) is 13.3. The van der Waals surface area contributed by atoms with Gasteiger partial charge in [-0.3, -0.25) is 4.79 Å². The van der Waals surface area contributed by atoms with Gasteiger partial charge in [0.05, 0.1) is 10.2 Å². The van der Waals surface area contributed by atoms with Gasteiger partial charge in [-0.2, -0.15) is 0 Å². The zero-order valence-electron chi connectivity index (χ0n) is 11.0. The Hall–Kier alpha value is -1.62. The van der Waals surface area contributed by atoms with E-state index in [1.807, 2.05) is 13.8 Å². The quantitative estimate of drug-likeness (QED) is 0.925. The van der Waals surface area contributed by atoms with E-state index in [9.17, 15) is 4.79 Å². The first-order valence-corrected chi connectivity index (χ1v) is 6.64. The second-order valence-corrected chi connectivity index (χ2v) is 5.62. The van der Waals surface area contributed by atoms with Crippen LogP contribution in [0.2, 0.25) is 0 Å². The van der Waals surface area contributed by atoms with E-state index in [0.717, 1.165) is 15.3 Å². The molecule has 1 unspecified atom stereocenters. The molecule has 0 aliphatic rings. The monoisotopic (exact) mass is 263 g/mol. The van der Waals surface area contributed by atoms with E-state index in [2.05, 4.69) is 28.5 Å². The van der Waals surface area contributed by atoms with Crippen LogP contribution in [0.4, 0.5) is 5.13 Å². The number of likely N-dealkylation sites (N-methyl/N-ethyl adjacent to an activating group) is 1. The van der Waals surface area contributed by atoms with Crippen LogP contribution in [0.3, 0.4) is 0 Å². The minimum atomic E-state index is -0.262. The predicted octanol–water partition coefficient (Wildman–Crippen LogP) is 2.49. The molecular weight excluding hydrogens is 246 g/mol. The highest BCUT2D eigenvalue weighted by atomic mass is 32.1. The third-order valence-corrected chi connectivity index (χ3v) is 3.66. The fourth-order valence-electron chi connectivity index (χ4n) is 1.73. The molecule has 0 radical (unpaired) electrons. The summed E-state index contributed by atoms with van der Waals surface area (Å²) in [4.78, 5) is 17.8. The first kappa shape index (κ1) is 12.8. The minimum Gasteiger partial charge on any atom is -0.350 e. The molecule has 0 saturated heterocycles. The van der Waals surface area contributed by atoms with E-state index in [-0.39, 0.29) is 11.9 Å². The Morgan fingerprint density at radius 3 is 2.83 bits per heavy atom. The number of anilines is 1. The summed E-state index contributed by atoms with van der Waals surface area (Å²) in [5.74, 6) is 0.0467. The van der Waals surface area contributed by atoms with Crippen LogP contribution in [0, 0.1) is 6.92 Å². The summed E-state index contributed by atoms with van der Waals surface area (Å²) in [6, 6.07) is 5.92. The maximum absolute atomic E-state index is 11.8. The third kappa shape index (κ3) is 2.61. The number of carbonyl (C=O) groups excluding carboxylic acids is 1. The number of hydrogen-bond acceptors (Lipinski definition) is 4. The van der Waals surface area contributed by atoms with Crippen LogP contribution in [0.5, 0.6) is 0 Å². The molecule has 1 N–H and O–H groups in total. The lowest BCUT2D eigenvalue weighted by Crippen LogP contribution is -2.36. The molecular formula is C13H17N3OS. The van der Waals surface area contributed by atoms with Crippen molar-refractivity contribution in [1.82, 2.24) is 9.88 Å². The Bertz CT molecular complexity index is 577.